The molecule has 1 aromatic carbocycles. The summed E-state index contributed by atoms with van der Waals surface area (Å²) in [5, 5.41) is 9.68. The van der Waals surface area contributed by atoms with Crippen LogP contribution >= 0.6 is 0 Å². The standard InChI is InChI=1S/C21H30N4O/c1-23(21(18-22)10-6-3-7-11-21)20(26)17-25-14-12-24(13-15-25)16-19-8-4-2-5-9-19/h2,4-5,8-9H,3,6-7,10-17H2,1H3. The Labute approximate surface area is 157 Å². The lowest BCUT2D eigenvalue weighted by Crippen LogP contribution is -2.54. The Balaban J connectivity index is 1.48. The van der Waals surface area contributed by atoms with Gasteiger partial charge >= 0.3 is 0 Å². The van der Waals surface area contributed by atoms with Crippen LogP contribution < -0.4 is 0 Å². The predicted octanol–water partition coefficient (Wildman–Crippen LogP) is 2.49. The Kier molecular flexibility index (Phi) is 6.29. The zero-order valence-corrected chi connectivity index (χ0v) is 15.9. The van der Waals surface area contributed by atoms with Crippen molar-refractivity contribution in [1.29, 1.82) is 5.26 Å². The summed E-state index contributed by atoms with van der Waals surface area (Å²) in [6, 6.07) is 13.0. The highest BCUT2D eigenvalue weighted by Gasteiger charge is 2.39. The first-order valence-corrected chi connectivity index (χ1v) is 9.79. The van der Waals surface area contributed by atoms with Crippen LogP contribution in [0.4, 0.5) is 0 Å². The molecule has 1 heterocycles. The van der Waals surface area contributed by atoms with Crippen LogP contribution in [0, 0.1) is 11.3 Å². The van der Waals surface area contributed by atoms with Crippen molar-refractivity contribution in [1.82, 2.24) is 14.7 Å². The lowest BCUT2D eigenvalue weighted by molar-refractivity contribution is -0.136. The molecule has 0 atom stereocenters. The van der Waals surface area contributed by atoms with Crippen molar-refractivity contribution >= 4 is 5.91 Å². The third-order valence-electron chi connectivity index (χ3n) is 5.98. The second kappa shape index (κ2) is 8.66. The van der Waals surface area contributed by atoms with E-state index in [-0.39, 0.29) is 5.91 Å². The van der Waals surface area contributed by atoms with Crippen molar-refractivity contribution in [3.63, 3.8) is 0 Å². The van der Waals surface area contributed by atoms with Crippen molar-refractivity contribution in [3.05, 3.63) is 35.9 Å². The maximum absolute atomic E-state index is 12.8. The number of carbonyl (C=O) groups is 1. The first-order chi connectivity index (χ1) is 12.6. The lowest BCUT2D eigenvalue weighted by atomic mass is 9.81. The van der Waals surface area contributed by atoms with Crippen LogP contribution in [0.2, 0.25) is 0 Å². The molecule has 5 heteroatoms. The maximum Gasteiger partial charge on any atom is 0.237 e. The van der Waals surface area contributed by atoms with Gasteiger partial charge in [-0.05, 0) is 18.4 Å². The lowest BCUT2D eigenvalue weighted by Gasteiger charge is -2.41. The fourth-order valence-electron chi connectivity index (χ4n) is 4.14. The molecule has 3 rings (SSSR count). The van der Waals surface area contributed by atoms with E-state index in [0.29, 0.717) is 6.54 Å². The number of benzene rings is 1. The number of likely N-dealkylation sites (N-methyl/N-ethyl adjacent to an activating group) is 1. The summed E-state index contributed by atoms with van der Waals surface area (Å²) in [7, 11) is 1.82. The van der Waals surface area contributed by atoms with E-state index < -0.39 is 5.54 Å². The highest BCUT2D eigenvalue weighted by Crippen LogP contribution is 2.32. The summed E-state index contributed by atoms with van der Waals surface area (Å²) in [6.07, 6.45) is 4.90. The van der Waals surface area contributed by atoms with Gasteiger partial charge in [0, 0.05) is 39.8 Å². The molecule has 1 aliphatic carbocycles. The Morgan fingerprint density at radius 2 is 1.69 bits per heavy atom. The third kappa shape index (κ3) is 4.44. The molecule has 5 nitrogen and oxygen atoms in total. The van der Waals surface area contributed by atoms with Gasteiger partial charge in [0.1, 0.15) is 5.54 Å². The minimum atomic E-state index is -0.579. The van der Waals surface area contributed by atoms with Crippen LogP contribution in [0.3, 0.4) is 0 Å². The third-order valence-corrected chi connectivity index (χ3v) is 5.98. The fourth-order valence-corrected chi connectivity index (χ4v) is 4.14. The summed E-state index contributed by atoms with van der Waals surface area (Å²) < 4.78 is 0. The van der Waals surface area contributed by atoms with E-state index >= 15 is 0 Å². The SMILES string of the molecule is CN(C(=O)CN1CCN(Cc2ccccc2)CC1)C1(C#N)CCCCC1. The molecule has 140 valence electrons. The summed E-state index contributed by atoms with van der Waals surface area (Å²) in [4.78, 5) is 19.2. The highest BCUT2D eigenvalue weighted by atomic mass is 16.2. The highest BCUT2D eigenvalue weighted by molar-refractivity contribution is 5.79. The molecule has 26 heavy (non-hydrogen) atoms. The molecule has 2 aliphatic rings. The number of nitriles is 1. The first-order valence-electron chi connectivity index (χ1n) is 9.79. The maximum atomic E-state index is 12.8. The Bertz CT molecular complexity index is 625. The average Bonchev–Trinajstić information content (AvgIpc) is 2.70. The first kappa shape index (κ1) is 18.9. The number of amides is 1. The molecule has 0 radical (unpaired) electrons. The quantitative estimate of drug-likeness (QED) is 0.815. The summed E-state index contributed by atoms with van der Waals surface area (Å²) in [5.74, 6) is 0.0879. The molecule has 0 spiro atoms. The molecule has 0 aromatic heterocycles. The van der Waals surface area contributed by atoms with Crippen molar-refractivity contribution in [2.75, 3.05) is 39.8 Å². The number of hydrogen-bond acceptors (Lipinski definition) is 4. The van der Waals surface area contributed by atoms with Gasteiger partial charge in [0.2, 0.25) is 5.91 Å². The Morgan fingerprint density at radius 1 is 1.08 bits per heavy atom. The average molecular weight is 354 g/mol. The molecular weight excluding hydrogens is 324 g/mol. The van der Waals surface area contributed by atoms with Gasteiger partial charge in [-0.3, -0.25) is 14.6 Å². The van der Waals surface area contributed by atoms with E-state index in [1.807, 2.05) is 13.1 Å². The molecule has 1 saturated carbocycles. The Hall–Kier alpha value is -1.90. The Morgan fingerprint density at radius 3 is 2.31 bits per heavy atom. The van der Waals surface area contributed by atoms with Crippen LogP contribution in [0.5, 0.6) is 0 Å². The monoisotopic (exact) mass is 354 g/mol. The minimum absolute atomic E-state index is 0.0879. The topological polar surface area (TPSA) is 50.6 Å². The smallest absolute Gasteiger partial charge is 0.237 e. The molecular formula is C21H30N4O. The molecule has 2 fully saturated rings. The molecule has 1 amide bonds. The van der Waals surface area contributed by atoms with E-state index in [4.69, 9.17) is 0 Å². The largest absolute Gasteiger partial charge is 0.326 e. The normalized spacial score (nSPS) is 21.1. The number of rotatable bonds is 5. The molecule has 1 saturated heterocycles. The van der Waals surface area contributed by atoms with Gasteiger partial charge in [0.05, 0.1) is 12.6 Å². The van der Waals surface area contributed by atoms with E-state index in [1.165, 1.54) is 12.0 Å². The van der Waals surface area contributed by atoms with Gasteiger partial charge < -0.3 is 4.90 Å². The number of piperazine rings is 1. The zero-order valence-electron chi connectivity index (χ0n) is 15.9. The second-order valence-corrected chi connectivity index (χ2v) is 7.69. The van der Waals surface area contributed by atoms with Crippen molar-refractivity contribution in [2.45, 2.75) is 44.2 Å². The molecule has 0 N–H and O–H groups in total. The van der Waals surface area contributed by atoms with Crippen LogP contribution in [0.25, 0.3) is 0 Å². The van der Waals surface area contributed by atoms with Crippen molar-refractivity contribution < 1.29 is 4.79 Å². The van der Waals surface area contributed by atoms with Gasteiger partial charge in [-0.25, -0.2) is 0 Å². The van der Waals surface area contributed by atoms with Gasteiger partial charge in [-0.2, -0.15) is 5.26 Å². The van der Waals surface area contributed by atoms with Crippen LogP contribution in [-0.2, 0) is 11.3 Å². The summed E-state index contributed by atoms with van der Waals surface area (Å²) >= 11 is 0. The predicted molar refractivity (Wildman–Crippen MR) is 102 cm³/mol. The molecule has 1 aromatic rings. The molecule has 0 unspecified atom stereocenters. The summed E-state index contributed by atoms with van der Waals surface area (Å²) in [6.45, 7) is 5.18. The number of nitrogens with zero attached hydrogens (tertiary/aromatic N) is 4. The fraction of sp³-hybridized carbons (Fsp3) is 0.619. The molecule has 0 bridgehead atoms. The van der Waals surface area contributed by atoms with Gasteiger partial charge in [0.25, 0.3) is 0 Å². The van der Waals surface area contributed by atoms with Crippen LogP contribution in [-0.4, -0.2) is 65.9 Å². The van der Waals surface area contributed by atoms with Crippen LogP contribution in [0.15, 0.2) is 30.3 Å². The number of carbonyl (C=O) groups excluding carboxylic acids is 1. The van der Waals surface area contributed by atoms with E-state index in [2.05, 4.69) is 40.1 Å². The van der Waals surface area contributed by atoms with Gasteiger partial charge in [-0.1, -0.05) is 49.6 Å². The molecule has 1 aliphatic heterocycles. The minimum Gasteiger partial charge on any atom is -0.326 e. The van der Waals surface area contributed by atoms with E-state index in [9.17, 15) is 10.1 Å². The van der Waals surface area contributed by atoms with E-state index in [0.717, 1.165) is 58.4 Å². The van der Waals surface area contributed by atoms with Gasteiger partial charge in [-0.15, -0.1) is 0 Å². The van der Waals surface area contributed by atoms with Crippen molar-refractivity contribution in [3.8, 4) is 6.07 Å². The van der Waals surface area contributed by atoms with Crippen LogP contribution in [0.1, 0.15) is 37.7 Å². The van der Waals surface area contributed by atoms with Crippen molar-refractivity contribution in [2.24, 2.45) is 0 Å². The summed E-state index contributed by atoms with van der Waals surface area (Å²) in [5.41, 5.74) is 0.759. The van der Waals surface area contributed by atoms with E-state index in [1.54, 1.807) is 4.90 Å². The zero-order chi connectivity index (χ0) is 18.4. The second-order valence-electron chi connectivity index (χ2n) is 7.69. The van der Waals surface area contributed by atoms with Gasteiger partial charge in [0.15, 0.2) is 0 Å². The number of hydrogen-bond donors (Lipinski definition) is 0.